The minimum atomic E-state index is 0.803. The molecule has 0 aromatic heterocycles. The summed E-state index contributed by atoms with van der Waals surface area (Å²) in [6, 6.07) is 14.2. The van der Waals surface area contributed by atoms with Crippen LogP contribution in [0.25, 0.3) is 0 Å². The summed E-state index contributed by atoms with van der Waals surface area (Å²) < 4.78 is 2.23. The molecule has 2 N–H and O–H groups in total. The maximum Gasteiger partial charge on any atom is 0.0314 e. The molecule has 2 rings (SSSR count). The summed E-state index contributed by atoms with van der Waals surface area (Å²) in [7, 11) is 0. The topological polar surface area (TPSA) is 26.0 Å². The second kappa shape index (κ2) is 5.02. The third-order valence-electron chi connectivity index (χ3n) is 2.38. The Morgan fingerprint density at radius 2 is 1.62 bits per heavy atom. The molecule has 0 aliphatic rings. The van der Waals surface area contributed by atoms with Gasteiger partial charge in [-0.1, -0.05) is 44.0 Å². The molecule has 82 valence electrons. The second-order valence-electron chi connectivity index (χ2n) is 3.65. The maximum absolute atomic E-state index is 5.66. The molecular formula is C13H11Br2N. The Hall–Kier alpha value is -0.800. The maximum atomic E-state index is 5.66. The standard InChI is InChI=1S/C13H11Br2N/c14-11-3-6-13(15)10(8-11)7-9-1-4-12(16)5-2-9/h1-6,8H,7,16H2. The molecule has 0 aliphatic heterocycles. The summed E-state index contributed by atoms with van der Waals surface area (Å²) in [5.74, 6) is 0. The molecule has 3 heteroatoms. The highest BCUT2D eigenvalue weighted by atomic mass is 79.9. The zero-order valence-electron chi connectivity index (χ0n) is 8.58. The highest BCUT2D eigenvalue weighted by Gasteiger charge is 2.02. The Balaban J connectivity index is 2.26. The molecule has 0 bridgehead atoms. The predicted octanol–water partition coefficient (Wildman–Crippen LogP) is 4.38. The first kappa shape index (κ1) is 11.7. The van der Waals surface area contributed by atoms with Crippen LogP contribution in [0.5, 0.6) is 0 Å². The van der Waals surface area contributed by atoms with Crippen molar-refractivity contribution in [2.75, 3.05) is 5.73 Å². The van der Waals surface area contributed by atoms with Crippen molar-refractivity contribution >= 4 is 37.5 Å². The van der Waals surface area contributed by atoms with Crippen molar-refractivity contribution in [2.45, 2.75) is 6.42 Å². The minimum Gasteiger partial charge on any atom is -0.399 e. The fourth-order valence-corrected chi connectivity index (χ4v) is 2.33. The van der Waals surface area contributed by atoms with E-state index < -0.39 is 0 Å². The van der Waals surface area contributed by atoms with E-state index in [9.17, 15) is 0 Å². The van der Waals surface area contributed by atoms with Crippen LogP contribution >= 0.6 is 31.9 Å². The summed E-state index contributed by atoms with van der Waals surface area (Å²) >= 11 is 7.04. The first-order valence-corrected chi connectivity index (χ1v) is 6.52. The lowest BCUT2D eigenvalue weighted by Gasteiger charge is -2.06. The van der Waals surface area contributed by atoms with Crippen molar-refractivity contribution < 1.29 is 0 Å². The van der Waals surface area contributed by atoms with Crippen molar-refractivity contribution in [3.8, 4) is 0 Å². The van der Waals surface area contributed by atoms with Crippen LogP contribution in [0.15, 0.2) is 51.4 Å². The van der Waals surface area contributed by atoms with Crippen LogP contribution in [0.4, 0.5) is 5.69 Å². The molecular weight excluding hydrogens is 330 g/mol. The van der Waals surface area contributed by atoms with Gasteiger partial charge in [0.1, 0.15) is 0 Å². The number of anilines is 1. The van der Waals surface area contributed by atoms with Crippen molar-refractivity contribution in [3.63, 3.8) is 0 Å². The highest BCUT2D eigenvalue weighted by molar-refractivity contribution is 9.11. The van der Waals surface area contributed by atoms with Gasteiger partial charge in [-0.2, -0.15) is 0 Å². The highest BCUT2D eigenvalue weighted by Crippen LogP contribution is 2.24. The molecule has 0 unspecified atom stereocenters. The fraction of sp³-hybridized carbons (Fsp3) is 0.0769. The van der Waals surface area contributed by atoms with Gasteiger partial charge in [0, 0.05) is 14.6 Å². The van der Waals surface area contributed by atoms with E-state index in [2.05, 4.69) is 56.1 Å². The smallest absolute Gasteiger partial charge is 0.0314 e. The van der Waals surface area contributed by atoms with Gasteiger partial charge in [-0.3, -0.25) is 0 Å². The summed E-state index contributed by atoms with van der Waals surface area (Å²) in [6.07, 6.45) is 0.903. The number of nitrogens with two attached hydrogens (primary N) is 1. The van der Waals surface area contributed by atoms with E-state index in [4.69, 9.17) is 5.73 Å². The van der Waals surface area contributed by atoms with Crippen molar-refractivity contribution in [1.29, 1.82) is 0 Å². The summed E-state index contributed by atoms with van der Waals surface area (Å²) in [6.45, 7) is 0. The summed E-state index contributed by atoms with van der Waals surface area (Å²) in [5, 5.41) is 0. The lowest BCUT2D eigenvalue weighted by atomic mass is 10.1. The molecule has 0 aliphatic carbocycles. The molecule has 0 heterocycles. The Bertz CT molecular complexity index is 492. The Kier molecular flexibility index (Phi) is 3.66. The molecule has 2 aromatic carbocycles. The van der Waals surface area contributed by atoms with Gasteiger partial charge in [0.2, 0.25) is 0 Å². The number of hydrogen-bond donors (Lipinski definition) is 1. The molecule has 16 heavy (non-hydrogen) atoms. The van der Waals surface area contributed by atoms with Crippen LogP contribution in [0.2, 0.25) is 0 Å². The molecule has 0 fully saturated rings. The van der Waals surface area contributed by atoms with Gasteiger partial charge >= 0.3 is 0 Å². The Morgan fingerprint density at radius 1 is 0.938 bits per heavy atom. The van der Waals surface area contributed by atoms with Crippen molar-refractivity contribution in [1.82, 2.24) is 0 Å². The summed E-state index contributed by atoms with van der Waals surface area (Å²) in [5.41, 5.74) is 8.98. The molecule has 0 atom stereocenters. The van der Waals surface area contributed by atoms with E-state index in [0.29, 0.717) is 0 Å². The van der Waals surface area contributed by atoms with Crippen molar-refractivity contribution in [3.05, 3.63) is 62.5 Å². The van der Waals surface area contributed by atoms with Crippen LogP contribution in [0.1, 0.15) is 11.1 Å². The number of benzene rings is 2. The van der Waals surface area contributed by atoms with Gasteiger partial charge in [0.25, 0.3) is 0 Å². The lowest BCUT2D eigenvalue weighted by Crippen LogP contribution is -1.91. The zero-order valence-corrected chi connectivity index (χ0v) is 11.8. The van der Waals surface area contributed by atoms with Gasteiger partial charge in [0.15, 0.2) is 0 Å². The Labute approximate surface area is 112 Å². The molecule has 0 saturated carbocycles. The first-order valence-electron chi connectivity index (χ1n) is 4.93. The van der Waals surface area contributed by atoms with Crippen LogP contribution in [-0.4, -0.2) is 0 Å². The third kappa shape index (κ3) is 2.86. The average molecular weight is 341 g/mol. The molecule has 0 spiro atoms. The van der Waals surface area contributed by atoms with E-state index in [0.717, 1.165) is 21.1 Å². The third-order valence-corrected chi connectivity index (χ3v) is 3.65. The number of rotatable bonds is 2. The fourth-order valence-electron chi connectivity index (χ4n) is 1.53. The minimum absolute atomic E-state index is 0.803. The van der Waals surface area contributed by atoms with Gasteiger partial charge in [-0.25, -0.2) is 0 Å². The molecule has 0 amide bonds. The number of halogens is 2. The van der Waals surface area contributed by atoms with E-state index in [-0.39, 0.29) is 0 Å². The van der Waals surface area contributed by atoms with Crippen LogP contribution in [-0.2, 0) is 6.42 Å². The van der Waals surface area contributed by atoms with Crippen LogP contribution in [0, 0.1) is 0 Å². The van der Waals surface area contributed by atoms with Gasteiger partial charge in [-0.05, 0) is 47.9 Å². The van der Waals surface area contributed by atoms with E-state index in [1.165, 1.54) is 11.1 Å². The van der Waals surface area contributed by atoms with E-state index in [1.807, 2.05) is 18.2 Å². The van der Waals surface area contributed by atoms with Crippen LogP contribution < -0.4 is 5.73 Å². The van der Waals surface area contributed by atoms with Crippen molar-refractivity contribution in [2.24, 2.45) is 0 Å². The van der Waals surface area contributed by atoms with Gasteiger partial charge < -0.3 is 5.73 Å². The first-order chi connectivity index (χ1) is 7.65. The van der Waals surface area contributed by atoms with E-state index >= 15 is 0 Å². The van der Waals surface area contributed by atoms with Gasteiger partial charge in [0.05, 0.1) is 0 Å². The quantitative estimate of drug-likeness (QED) is 0.806. The molecule has 2 aromatic rings. The monoisotopic (exact) mass is 339 g/mol. The number of nitrogen functional groups attached to an aromatic ring is 1. The number of hydrogen-bond acceptors (Lipinski definition) is 1. The zero-order chi connectivity index (χ0) is 11.5. The summed E-state index contributed by atoms with van der Waals surface area (Å²) in [4.78, 5) is 0. The SMILES string of the molecule is Nc1ccc(Cc2cc(Br)ccc2Br)cc1. The van der Waals surface area contributed by atoms with Crippen LogP contribution in [0.3, 0.4) is 0 Å². The Morgan fingerprint density at radius 3 is 2.31 bits per heavy atom. The molecule has 1 nitrogen and oxygen atoms in total. The second-order valence-corrected chi connectivity index (χ2v) is 5.42. The average Bonchev–Trinajstić information content (AvgIpc) is 2.27. The van der Waals surface area contributed by atoms with Gasteiger partial charge in [-0.15, -0.1) is 0 Å². The predicted molar refractivity (Wildman–Crippen MR) is 75.5 cm³/mol. The molecule has 0 radical (unpaired) electrons. The largest absolute Gasteiger partial charge is 0.399 e. The van der Waals surface area contributed by atoms with E-state index in [1.54, 1.807) is 0 Å². The molecule has 0 saturated heterocycles. The normalized spacial score (nSPS) is 10.4. The lowest BCUT2D eigenvalue weighted by molar-refractivity contribution is 1.18.